The minimum Gasteiger partial charge on any atom is -0.353 e. The zero-order valence-corrected chi connectivity index (χ0v) is 15.9. The van der Waals surface area contributed by atoms with E-state index in [-0.39, 0.29) is 0 Å². The summed E-state index contributed by atoms with van der Waals surface area (Å²) in [5, 5.41) is 4.09. The third-order valence-electron chi connectivity index (χ3n) is 4.68. The van der Waals surface area contributed by atoms with Crippen LogP contribution in [0.5, 0.6) is 0 Å². The molecular weight excluding hydrogens is 360 g/mol. The van der Waals surface area contributed by atoms with Crippen LogP contribution in [0.3, 0.4) is 0 Å². The Labute approximate surface area is 163 Å². The summed E-state index contributed by atoms with van der Waals surface area (Å²) in [4.78, 5) is 17.8. The number of aromatic nitrogens is 3. The molecule has 0 atom stereocenters. The normalized spacial score (nSPS) is 14.3. The van der Waals surface area contributed by atoms with Crippen LogP contribution in [0.2, 0.25) is 5.02 Å². The van der Waals surface area contributed by atoms with E-state index in [9.17, 15) is 0 Å². The van der Waals surface area contributed by atoms with Gasteiger partial charge < -0.3 is 15.1 Å². The number of halogens is 1. The predicted octanol–water partition coefficient (Wildman–Crippen LogP) is 3.90. The number of aryl methyl sites for hydroxylation is 1. The molecule has 1 saturated heterocycles. The van der Waals surface area contributed by atoms with Gasteiger partial charge in [0.15, 0.2) is 0 Å². The average Bonchev–Trinajstić information content (AvgIpc) is 2.71. The first-order valence-corrected chi connectivity index (χ1v) is 9.33. The Morgan fingerprint density at radius 2 is 1.67 bits per heavy atom. The molecule has 1 aliphatic rings. The van der Waals surface area contributed by atoms with E-state index in [1.807, 2.05) is 49.5 Å². The smallest absolute Gasteiger partial charge is 0.135 e. The van der Waals surface area contributed by atoms with Gasteiger partial charge in [0.25, 0.3) is 0 Å². The van der Waals surface area contributed by atoms with Crippen molar-refractivity contribution in [3.8, 4) is 0 Å². The van der Waals surface area contributed by atoms with Crippen LogP contribution in [0.15, 0.2) is 55.0 Å². The second-order valence-electron chi connectivity index (χ2n) is 6.51. The molecule has 4 rings (SSSR count). The van der Waals surface area contributed by atoms with E-state index in [0.717, 1.165) is 59.9 Å². The molecule has 0 unspecified atom stereocenters. The quantitative estimate of drug-likeness (QED) is 0.740. The van der Waals surface area contributed by atoms with Crippen molar-refractivity contribution < 1.29 is 0 Å². The Kier molecular flexibility index (Phi) is 5.07. The zero-order valence-electron chi connectivity index (χ0n) is 15.1. The van der Waals surface area contributed by atoms with Gasteiger partial charge in [-0.2, -0.15) is 0 Å². The predicted molar refractivity (Wildman–Crippen MR) is 110 cm³/mol. The van der Waals surface area contributed by atoms with Crippen LogP contribution >= 0.6 is 11.6 Å². The number of nitrogens with zero attached hydrogens (tertiary/aromatic N) is 5. The lowest BCUT2D eigenvalue weighted by atomic mass is 10.2. The number of nitrogens with one attached hydrogen (secondary N) is 1. The Bertz CT molecular complexity index is 909. The average molecular weight is 381 g/mol. The van der Waals surface area contributed by atoms with E-state index in [4.69, 9.17) is 11.6 Å². The topological polar surface area (TPSA) is 57.2 Å². The SMILES string of the molecule is Cc1cc(Cl)ccc1Nc1cc(N2CCN(c3ccccn3)CC2)ncn1. The van der Waals surface area contributed by atoms with E-state index in [0.29, 0.717) is 0 Å². The van der Waals surface area contributed by atoms with Crippen molar-refractivity contribution in [2.45, 2.75) is 6.92 Å². The van der Waals surface area contributed by atoms with Gasteiger partial charge in [-0.05, 0) is 42.8 Å². The fourth-order valence-corrected chi connectivity index (χ4v) is 3.43. The highest BCUT2D eigenvalue weighted by Gasteiger charge is 2.19. The van der Waals surface area contributed by atoms with Crippen molar-refractivity contribution >= 4 is 34.7 Å². The minimum atomic E-state index is 0.729. The molecule has 7 heteroatoms. The molecule has 6 nitrogen and oxygen atoms in total. The Hall–Kier alpha value is -2.86. The van der Waals surface area contributed by atoms with Gasteiger partial charge in [0.05, 0.1) is 0 Å². The van der Waals surface area contributed by atoms with Crippen LogP contribution in [0, 0.1) is 6.92 Å². The summed E-state index contributed by atoms with van der Waals surface area (Å²) < 4.78 is 0. The van der Waals surface area contributed by atoms with Crippen molar-refractivity contribution in [1.29, 1.82) is 0 Å². The molecule has 0 saturated carbocycles. The first-order valence-electron chi connectivity index (χ1n) is 8.95. The van der Waals surface area contributed by atoms with Crippen molar-refractivity contribution in [3.63, 3.8) is 0 Å². The maximum absolute atomic E-state index is 6.03. The Morgan fingerprint density at radius 3 is 2.37 bits per heavy atom. The van der Waals surface area contributed by atoms with Crippen molar-refractivity contribution in [2.24, 2.45) is 0 Å². The van der Waals surface area contributed by atoms with Gasteiger partial charge in [-0.25, -0.2) is 15.0 Å². The van der Waals surface area contributed by atoms with Gasteiger partial charge >= 0.3 is 0 Å². The van der Waals surface area contributed by atoms with Gasteiger partial charge in [0, 0.05) is 49.2 Å². The summed E-state index contributed by atoms with van der Waals surface area (Å²) in [5.41, 5.74) is 2.07. The number of hydrogen-bond donors (Lipinski definition) is 1. The Morgan fingerprint density at radius 1 is 0.889 bits per heavy atom. The molecule has 1 N–H and O–H groups in total. The van der Waals surface area contributed by atoms with Crippen molar-refractivity contribution in [3.05, 3.63) is 65.6 Å². The molecule has 1 aromatic carbocycles. The lowest BCUT2D eigenvalue weighted by Crippen LogP contribution is -2.47. The third-order valence-corrected chi connectivity index (χ3v) is 4.92. The molecule has 0 radical (unpaired) electrons. The standard InChI is InChI=1S/C20H21ClN6/c1-15-12-16(21)5-6-17(15)25-18-13-20(24-14-23-18)27-10-8-26(9-11-27)19-4-2-3-7-22-19/h2-7,12-14H,8-11H2,1H3,(H,23,24,25). The molecule has 0 spiro atoms. The van der Waals surface area contributed by atoms with Gasteiger partial charge in [-0.15, -0.1) is 0 Å². The monoisotopic (exact) mass is 380 g/mol. The van der Waals surface area contributed by atoms with Crippen LogP contribution in [0.1, 0.15) is 5.56 Å². The number of anilines is 4. The van der Waals surface area contributed by atoms with Crippen molar-refractivity contribution in [2.75, 3.05) is 41.3 Å². The summed E-state index contributed by atoms with van der Waals surface area (Å²) in [5.74, 6) is 2.73. The summed E-state index contributed by atoms with van der Waals surface area (Å²) in [7, 11) is 0. The molecule has 138 valence electrons. The maximum Gasteiger partial charge on any atom is 0.135 e. The second kappa shape index (κ2) is 7.80. The summed E-state index contributed by atoms with van der Waals surface area (Å²) in [6.07, 6.45) is 3.44. The molecule has 3 heterocycles. The first-order chi connectivity index (χ1) is 13.2. The fourth-order valence-electron chi connectivity index (χ4n) is 3.20. The molecule has 27 heavy (non-hydrogen) atoms. The van der Waals surface area contributed by atoms with Gasteiger partial charge in [-0.1, -0.05) is 17.7 Å². The molecule has 1 fully saturated rings. The van der Waals surface area contributed by atoms with Crippen LogP contribution in [-0.4, -0.2) is 41.1 Å². The van der Waals surface area contributed by atoms with Crippen molar-refractivity contribution in [1.82, 2.24) is 15.0 Å². The molecule has 3 aromatic rings. The minimum absolute atomic E-state index is 0.729. The third kappa shape index (κ3) is 4.11. The highest BCUT2D eigenvalue weighted by atomic mass is 35.5. The van der Waals surface area contributed by atoms with Gasteiger partial charge in [0.2, 0.25) is 0 Å². The molecule has 1 aliphatic heterocycles. The number of hydrogen-bond acceptors (Lipinski definition) is 6. The molecular formula is C20H21ClN6. The van der Waals surface area contributed by atoms with Gasteiger partial charge in [-0.3, -0.25) is 0 Å². The summed E-state index contributed by atoms with van der Waals surface area (Å²) in [6, 6.07) is 13.8. The number of rotatable bonds is 4. The highest BCUT2D eigenvalue weighted by Crippen LogP contribution is 2.24. The maximum atomic E-state index is 6.03. The fraction of sp³-hybridized carbons (Fsp3) is 0.250. The van der Waals surface area contributed by atoms with E-state index in [2.05, 4.69) is 36.1 Å². The van der Waals surface area contributed by atoms with Gasteiger partial charge in [0.1, 0.15) is 23.8 Å². The summed E-state index contributed by atoms with van der Waals surface area (Å²) in [6.45, 7) is 5.65. The highest BCUT2D eigenvalue weighted by molar-refractivity contribution is 6.30. The molecule has 2 aromatic heterocycles. The van der Waals surface area contributed by atoms with E-state index in [1.54, 1.807) is 6.33 Å². The largest absolute Gasteiger partial charge is 0.353 e. The molecule has 0 bridgehead atoms. The lowest BCUT2D eigenvalue weighted by molar-refractivity contribution is 0.641. The van der Waals surface area contributed by atoms with Crippen LogP contribution in [0.25, 0.3) is 0 Å². The summed E-state index contributed by atoms with van der Waals surface area (Å²) >= 11 is 6.03. The molecule has 0 amide bonds. The number of piperazine rings is 1. The molecule has 0 aliphatic carbocycles. The van der Waals surface area contributed by atoms with E-state index >= 15 is 0 Å². The van der Waals surface area contributed by atoms with E-state index < -0.39 is 0 Å². The zero-order chi connectivity index (χ0) is 18.6. The van der Waals surface area contributed by atoms with Crippen LogP contribution < -0.4 is 15.1 Å². The Balaban J connectivity index is 1.44. The first kappa shape index (κ1) is 17.5. The lowest BCUT2D eigenvalue weighted by Gasteiger charge is -2.36. The van der Waals surface area contributed by atoms with E-state index in [1.165, 1.54) is 0 Å². The number of benzene rings is 1. The van der Waals surface area contributed by atoms with Crippen LogP contribution in [0.4, 0.5) is 23.1 Å². The van der Waals surface area contributed by atoms with Crippen LogP contribution in [-0.2, 0) is 0 Å². The number of pyridine rings is 1. The second-order valence-corrected chi connectivity index (χ2v) is 6.94.